The highest BCUT2D eigenvalue weighted by Crippen LogP contribution is 2.17. The number of sulfonamides is 1. The highest BCUT2D eigenvalue weighted by molar-refractivity contribution is 7.89. The van der Waals surface area contributed by atoms with Crippen molar-refractivity contribution < 1.29 is 22.7 Å². The van der Waals surface area contributed by atoms with Gasteiger partial charge in [-0.25, -0.2) is 13.1 Å². The van der Waals surface area contributed by atoms with Crippen molar-refractivity contribution in [2.24, 2.45) is 0 Å². The van der Waals surface area contributed by atoms with Gasteiger partial charge in [0.15, 0.2) is 0 Å². The third-order valence-electron chi connectivity index (χ3n) is 3.50. The van der Waals surface area contributed by atoms with Crippen LogP contribution in [0.2, 0.25) is 0 Å². The molecule has 0 saturated carbocycles. The van der Waals surface area contributed by atoms with Crippen LogP contribution in [0.1, 0.15) is 11.4 Å². The number of H-pyrrole nitrogens is 1. The number of carbonyl (C=O) groups excluding carboxylic acids is 1. The van der Waals surface area contributed by atoms with Crippen LogP contribution in [0.25, 0.3) is 0 Å². The van der Waals surface area contributed by atoms with Crippen molar-refractivity contribution in [3.05, 3.63) is 35.7 Å². The number of nitrogens with zero attached hydrogens (tertiary/aromatic N) is 1. The van der Waals surface area contributed by atoms with Gasteiger partial charge in [0, 0.05) is 0 Å². The fourth-order valence-corrected chi connectivity index (χ4v) is 3.61. The number of hydrogen-bond acceptors (Lipinski definition) is 6. The highest BCUT2D eigenvalue weighted by Gasteiger charge is 2.22. The van der Waals surface area contributed by atoms with Crippen molar-refractivity contribution in [1.29, 1.82) is 0 Å². The number of carbonyl (C=O) groups is 1. The summed E-state index contributed by atoms with van der Waals surface area (Å²) in [6.45, 7) is 3.32. The monoisotopic (exact) mass is 382 g/mol. The molecule has 0 aliphatic heterocycles. The maximum absolute atomic E-state index is 12.2. The van der Waals surface area contributed by atoms with Crippen molar-refractivity contribution in [3.8, 4) is 11.5 Å². The second-order valence-corrected chi connectivity index (χ2v) is 7.17. The number of ether oxygens (including phenoxy) is 2. The minimum atomic E-state index is -3.80. The maximum atomic E-state index is 12.2. The Morgan fingerprint density at radius 1 is 1.19 bits per heavy atom. The van der Waals surface area contributed by atoms with Crippen molar-refractivity contribution in [3.63, 3.8) is 0 Å². The average Bonchev–Trinajstić information content (AvgIpc) is 2.97. The first-order valence-electron chi connectivity index (χ1n) is 7.88. The zero-order chi connectivity index (χ0) is 19.2. The molecule has 1 aromatic carbocycles. The van der Waals surface area contributed by atoms with Gasteiger partial charge in [0.25, 0.3) is 0 Å². The van der Waals surface area contributed by atoms with Gasteiger partial charge in [-0.05, 0) is 38.1 Å². The van der Waals surface area contributed by atoms with Crippen molar-refractivity contribution in [1.82, 2.24) is 20.2 Å². The van der Waals surface area contributed by atoms with Crippen LogP contribution in [0.5, 0.6) is 11.5 Å². The molecule has 0 aliphatic carbocycles. The molecule has 0 aliphatic rings. The van der Waals surface area contributed by atoms with Gasteiger partial charge in [-0.3, -0.25) is 9.89 Å². The molecule has 0 saturated heterocycles. The second kappa shape index (κ2) is 8.68. The van der Waals surface area contributed by atoms with Gasteiger partial charge >= 0.3 is 0 Å². The number of aromatic nitrogens is 2. The number of amides is 1. The van der Waals surface area contributed by atoms with E-state index < -0.39 is 15.9 Å². The van der Waals surface area contributed by atoms with E-state index in [2.05, 4.69) is 20.2 Å². The summed E-state index contributed by atoms with van der Waals surface area (Å²) in [5.41, 5.74) is 0.770. The average molecular weight is 382 g/mol. The second-order valence-electron chi connectivity index (χ2n) is 5.46. The van der Waals surface area contributed by atoms with E-state index in [1.165, 1.54) is 0 Å². The molecule has 2 rings (SSSR count). The van der Waals surface area contributed by atoms with Gasteiger partial charge in [-0.15, -0.1) is 0 Å². The Morgan fingerprint density at radius 2 is 1.85 bits per heavy atom. The molecule has 9 nitrogen and oxygen atoms in total. The van der Waals surface area contributed by atoms with E-state index in [1.54, 1.807) is 45.2 Å². The SMILES string of the molecule is COc1ccc(OCCNC(=O)CNS(=O)(=O)c2c(C)n[nH]c2C)cc1. The fourth-order valence-electron chi connectivity index (χ4n) is 2.26. The van der Waals surface area contributed by atoms with E-state index in [0.29, 0.717) is 17.1 Å². The summed E-state index contributed by atoms with van der Waals surface area (Å²) in [7, 11) is -2.22. The number of rotatable bonds is 9. The molecule has 0 bridgehead atoms. The molecule has 1 heterocycles. The molecular formula is C16H22N4O5S. The Hall–Kier alpha value is -2.59. The van der Waals surface area contributed by atoms with E-state index in [4.69, 9.17) is 9.47 Å². The Morgan fingerprint density at radius 3 is 2.42 bits per heavy atom. The summed E-state index contributed by atoms with van der Waals surface area (Å²) in [6, 6.07) is 7.04. The minimum absolute atomic E-state index is 0.0631. The summed E-state index contributed by atoms with van der Waals surface area (Å²) in [4.78, 5) is 11.9. The van der Waals surface area contributed by atoms with E-state index >= 15 is 0 Å². The fraction of sp³-hybridized carbons (Fsp3) is 0.375. The Labute approximate surface area is 152 Å². The van der Waals surface area contributed by atoms with Crippen LogP contribution in [-0.4, -0.2) is 51.3 Å². The van der Waals surface area contributed by atoms with Gasteiger partial charge in [-0.1, -0.05) is 0 Å². The highest BCUT2D eigenvalue weighted by atomic mass is 32.2. The zero-order valence-corrected chi connectivity index (χ0v) is 15.6. The normalized spacial score (nSPS) is 11.2. The van der Waals surface area contributed by atoms with Crippen LogP contribution < -0.4 is 19.5 Å². The lowest BCUT2D eigenvalue weighted by Gasteiger charge is -2.09. The standard InChI is InChI=1S/C16H22N4O5S/c1-11-16(12(2)20-19-11)26(22,23)18-10-15(21)17-8-9-25-14-6-4-13(24-3)5-7-14/h4-7,18H,8-10H2,1-3H3,(H,17,21)(H,19,20). The Kier molecular flexibility index (Phi) is 6.58. The predicted octanol–water partition coefficient (Wildman–Crippen LogP) is 0.509. The lowest BCUT2D eigenvalue weighted by Crippen LogP contribution is -2.38. The topological polar surface area (TPSA) is 122 Å². The smallest absolute Gasteiger partial charge is 0.244 e. The molecule has 0 radical (unpaired) electrons. The third-order valence-corrected chi connectivity index (χ3v) is 5.17. The summed E-state index contributed by atoms with van der Waals surface area (Å²) in [5.74, 6) is 0.915. The van der Waals surface area contributed by atoms with Crippen molar-refractivity contribution in [2.45, 2.75) is 18.7 Å². The number of methoxy groups -OCH3 is 1. The molecular weight excluding hydrogens is 360 g/mol. The molecule has 0 fully saturated rings. The molecule has 0 atom stereocenters. The summed E-state index contributed by atoms with van der Waals surface area (Å²) < 4.78 is 37.2. The van der Waals surface area contributed by atoms with E-state index in [1.807, 2.05) is 0 Å². The van der Waals surface area contributed by atoms with E-state index in [9.17, 15) is 13.2 Å². The predicted molar refractivity (Wildman–Crippen MR) is 94.7 cm³/mol. The third kappa shape index (κ3) is 5.20. The first-order valence-corrected chi connectivity index (χ1v) is 9.36. The molecule has 0 unspecified atom stereocenters. The van der Waals surface area contributed by atoms with Crippen LogP contribution in [0.4, 0.5) is 0 Å². The number of aryl methyl sites for hydroxylation is 2. The van der Waals surface area contributed by atoms with Crippen LogP contribution >= 0.6 is 0 Å². The molecule has 142 valence electrons. The first-order chi connectivity index (χ1) is 12.3. The maximum Gasteiger partial charge on any atom is 0.244 e. The van der Waals surface area contributed by atoms with Gasteiger partial charge in [0.05, 0.1) is 31.6 Å². The largest absolute Gasteiger partial charge is 0.497 e. The molecule has 1 aromatic heterocycles. The first kappa shape index (κ1) is 19.7. The zero-order valence-electron chi connectivity index (χ0n) is 14.8. The van der Waals surface area contributed by atoms with Gasteiger partial charge in [0.2, 0.25) is 15.9 Å². The molecule has 2 aromatic rings. The minimum Gasteiger partial charge on any atom is -0.497 e. The van der Waals surface area contributed by atoms with E-state index in [-0.39, 0.29) is 24.6 Å². The molecule has 1 amide bonds. The van der Waals surface area contributed by atoms with Crippen LogP contribution in [0, 0.1) is 13.8 Å². The van der Waals surface area contributed by atoms with Crippen molar-refractivity contribution >= 4 is 15.9 Å². The number of benzene rings is 1. The molecule has 26 heavy (non-hydrogen) atoms. The van der Waals surface area contributed by atoms with Crippen LogP contribution in [0.15, 0.2) is 29.2 Å². The number of nitrogens with one attached hydrogen (secondary N) is 3. The van der Waals surface area contributed by atoms with E-state index in [0.717, 1.165) is 5.75 Å². The van der Waals surface area contributed by atoms with Crippen LogP contribution in [-0.2, 0) is 14.8 Å². The Bertz CT molecular complexity index is 827. The van der Waals surface area contributed by atoms with Gasteiger partial charge < -0.3 is 14.8 Å². The van der Waals surface area contributed by atoms with Crippen molar-refractivity contribution in [2.75, 3.05) is 26.8 Å². The molecule has 10 heteroatoms. The molecule has 3 N–H and O–H groups in total. The lowest BCUT2D eigenvalue weighted by molar-refractivity contribution is -0.120. The quantitative estimate of drug-likeness (QED) is 0.543. The van der Waals surface area contributed by atoms with Gasteiger partial charge in [0.1, 0.15) is 23.0 Å². The van der Waals surface area contributed by atoms with Gasteiger partial charge in [-0.2, -0.15) is 5.10 Å². The molecule has 0 spiro atoms. The summed E-state index contributed by atoms with van der Waals surface area (Å²) >= 11 is 0. The Balaban J connectivity index is 1.73. The summed E-state index contributed by atoms with van der Waals surface area (Å²) in [6.07, 6.45) is 0. The summed E-state index contributed by atoms with van der Waals surface area (Å²) in [5, 5.41) is 9.03. The van der Waals surface area contributed by atoms with Crippen LogP contribution in [0.3, 0.4) is 0 Å². The number of aromatic amines is 1. The number of hydrogen-bond donors (Lipinski definition) is 3. The lowest BCUT2D eigenvalue weighted by atomic mass is 10.3.